The highest BCUT2D eigenvalue weighted by atomic mass is 32.2. The van der Waals surface area contributed by atoms with Crippen molar-refractivity contribution in [3.63, 3.8) is 0 Å². The molecule has 2 heterocycles. The molecule has 1 saturated carbocycles. The summed E-state index contributed by atoms with van der Waals surface area (Å²) in [6, 6.07) is 6.84. The summed E-state index contributed by atoms with van der Waals surface area (Å²) in [5, 5.41) is 7.54. The summed E-state index contributed by atoms with van der Waals surface area (Å²) in [5.41, 5.74) is 5.18. The summed E-state index contributed by atoms with van der Waals surface area (Å²) >= 11 is 1.79. The Morgan fingerprint density at radius 1 is 1.43 bits per heavy atom. The smallest absolute Gasteiger partial charge is 0.272 e. The maximum absolute atomic E-state index is 12.4. The molecule has 1 aromatic carbocycles. The van der Waals surface area contributed by atoms with Gasteiger partial charge in [0.15, 0.2) is 5.69 Å². The van der Waals surface area contributed by atoms with Crippen LogP contribution in [0.4, 0.5) is 0 Å². The number of carbonyl (C=O) groups excluding carboxylic acids is 1. The highest BCUT2D eigenvalue weighted by molar-refractivity contribution is 7.98. The standard InChI is InChI=1S/C16H17N3OS/c1-9-3-6-13-11(7-9)15-12(8-21-13)14(18-19(15)2)16(20)17-10-4-5-10/h3,6-7,10H,4-5,8H2,1-2H3,(H,17,20). The molecule has 2 aromatic rings. The largest absolute Gasteiger partial charge is 0.348 e. The summed E-state index contributed by atoms with van der Waals surface area (Å²) < 4.78 is 1.86. The van der Waals surface area contributed by atoms with Crippen molar-refractivity contribution in [1.82, 2.24) is 15.1 Å². The molecule has 4 rings (SSSR count). The second-order valence-corrected chi connectivity index (χ2v) is 6.85. The van der Waals surface area contributed by atoms with Crippen LogP contribution in [0.25, 0.3) is 11.3 Å². The molecular formula is C16H17N3OS. The highest BCUT2D eigenvalue weighted by Gasteiger charge is 2.30. The van der Waals surface area contributed by atoms with Crippen molar-refractivity contribution in [3.05, 3.63) is 35.0 Å². The molecule has 0 bridgehead atoms. The fourth-order valence-corrected chi connectivity index (χ4v) is 3.86. The molecule has 0 spiro atoms. The third-order valence-electron chi connectivity index (χ3n) is 4.04. The first-order valence-corrected chi connectivity index (χ1v) is 8.22. The maximum Gasteiger partial charge on any atom is 0.272 e. The number of hydrogen-bond donors (Lipinski definition) is 1. The van der Waals surface area contributed by atoms with Gasteiger partial charge in [-0.15, -0.1) is 11.8 Å². The van der Waals surface area contributed by atoms with Gasteiger partial charge in [-0.05, 0) is 31.9 Å². The van der Waals surface area contributed by atoms with E-state index in [0.717, 1.165) is 29.9 Å². The monoisotopic (exact) mass is 299 g/mol. The lowest BCUT2D eigenvalue weighted by atomic mass is 10.0. The van der Waals surface area contributed by atoms with E-state index in [2.05, 4.69) is 35.5 Å². The Kier molecular flexibility index (Phi) is 2.85. The number of aryl methyl sites for hydroxylation is 2. The van der Waals surface area contributed by atoms with Crippen LogP contribution in [0.2, 0.25) is 0 Å². The topological polar surface area (TPSA) is 46.9 Å². The van der Waals surface area contributed by atoms with Gasteiger partial charge in [-0.3, -0.25) is 9.48 Å². The molecule has 1 N–H and O–H groups in total. The van der Waals surface area contributed by atoms with Crippen molar-refractivity contribution >= 4 is 17.7 Å². The van der Waals surface area contributed by atoms with Crippen molar-refractivity contribution in [2.24, 2.45) is 7.05 Å². The van der Waals surface area contributed by atoms with E-state index in [1.54, 1.807) is 11.8 Å². The molecule has 4 nitrogen and oxygen atoms in total. The molecule has 0 radical (unpaired) electrons. The Bertz CT molecular complexity index is 746. The molecule has 1 fully saturated rings. The van der Waals surface area contributed by atoms with Gasteiger partial charge in [0.1, 0.15) is 0 Å². The normalized spacial score (nSPS) is 16.3. The molecule has 1 amide bonds. The number of nitrogens with one attached hydrogen (secondary N) is 1. The van der Waals surface area contributed by atoms with Crippen molar-refractivity contribution in [2.45, 2.75) is 36.5 Å². The fraction of sp³-hybridized carbons (Fsp3) is 0.375. The quantitative estimate of drug-likeness (QED) is 0.927. The predicted molar refractivity (Wildman–Crippen MR) is 83.4 cm³/mol. The van der Waals surface area contributed by atoms with Crippen LogP contribution >= 0.6 is 11.8 Å². The van der Waals surface area contributed by atoms with Gasteiger partial charge in [0.05, 0.1) is 5.69 Å². The minimum atomic E-state index is -0.0222. The molecule has 1 aromatic heterocycles. The zero-order valence-electron chi connectivity index (χ0n) is 12.1. The summed E-state index contributed by atoms with van der Waals surface area (Å²) in [5.74, 6) is 0.790. The number of carbonyl (C=O) groups is 1. The average Bonchev–Trinajstić information content (AvgIpc) is 3.20. The van der Waals surface area contributed by atoms with Crippen molar-refractivity contribution < 1.29 is 4.79 Å². The third kappa shape index (κ3) is 2.16. The third-order valence-corrected chi connectivity index (χ3v) is 5.14. The molecule has 2 aliphatic rings. The van der Waals surface area contributed by atoms with Gasteiger partial charge in [-0.25, -0.2) is 0 Å². The van der Waals surface area contributed by atoms with Crippen LogP contribution in [0.3, 0.4) is 0 Å². The summed E-state index contributed by atoms with van der Waals surface area (Å²) in [4.78, 5) is 13.6. The van der Waals surface area contributed by atoms with E-state index in [0.29, 0.717) is 11.7 Å². The van der Waals surface area contributed by atoms with Gasteiger partial charge in [0, 0.05) is 34.9 Å². The number of aromatic nitrogens is 2. The second kappa shape index (κ2) is 4.63. The van der Waals surface area contributed by atoms with Crippen molar-refractivity contribution in [3.8, 4) is 11.3 Å². The highest BCUT2D eigenvalue weighted by Crippen LogP contribution is 2.42. The van der Waals surface area contributed by atoms with Crippen molar-refractivity contribution in [1.29, 1.82) is 0 Å². The first-order chi connectivity index (χ1) is 10.1. The maximum atomic E-state index is 12.4. The van der Waals surface area contributed by atoms with Gasteiger partial charge in [-0.2, -0.15) is 5.10 Å². The SMILES string of the molecule is Cc1ccc2c(c1)-c1c(c(C(=O)NC3CC3)nn1C)CS2. The van der Waals surface area contributed by atoms with Crippen LogP contribution in [0.15, 0.2) is 23.1 Å². The number of amides is 1. The number of fused-ring (bicyclic) bond motifs is 3. The molecule has 21 heavy (non-hydrogen) atoms. The zero-order valence-corrected chi connectivity index (χ0v) is 13.0. The van der Waals surface area contributed by atoms with Crippen LogP contribution in [0.1, 0.15) is 34.5 Å². The van der Waals surface area contributed by atoms with Crippen LogP contribution in [-0.2, 0) is 12.8 Å². The summed E-state index contributed by atoms with van der Waals surface area (Å²) in [6.45, 7) is 2.09. The Morgan fingerprint density at radius 3 is 3.00 bits per heavy atom. The molecule has 1 aliphatic heterocycles. The molecule has 5 heteroatoms. The Labute approximate surface area is 127 Å². The summed E-state index contributed by atoms with van der Waals surface area (Å²) in [6.07, 6.45) is 2.19. The van der Waals surface area contributed by atoms with E-state index >= 15 is 0 Å². The Morgan fingerprint density at radius 2 is 2.24 bits per heavy atom. The van der Waals surface area contributed by atoms with E-state index in [-0.39, 0.29) is 5.91 Å². The first-order valence-electron chi connectivity index (χ1n) is 7.24. The fourth-order valence-electron chi connectivity index (χ4n) is 2.81. The molecule has 1 aliphatic carbocycles. The molecule has 0 unspecified atom stereocenters. The summed E-state index contributed by atoms with van der Waals surface area (Å²) in [7, 11) is 1.93. The van der Waals surface area contributed by atoms with E-state index in [1.807, 2.05) is 11.7 Å². The number of benzene rings is 1. The van der Waals surface area contributed by atoms with Crippen LogP contribution < -0.4 is 5.32 Å². The lowest BCUT2D eigenvalue weighted by molar-refractivity contribution is 0.0944. The van der Waals surface area contributed by atoms with E-state index in [9.17, 15) is 4.79 Å². The predicted octanol–water partition coefficient (Wildman–Crippen LogP) is 2.89. The van der Waals surface area contributed by atoms with Crippen LogP contribution in [0.5, 0.6) is 0 Å². The van der Waals surface area contributed by atoms with E-state index in [4.69, 9.17) is 0 Å². The molecule has 0 atom stereocenters. The molecular weight excluding hydrogens is 282 g/mol. The van der Waals surface area contributed by atoms with Gasteiger partial charge in [0.25, 0.3) is 5.91 Å². The lowest BCUT2D eigenvalue weighted by Crippen LogP contribution is -2.26. The van der Waals surface area contributed by atoms with Gasteiger partial charge in [0.2, 0.25) is 0 Å². The Hall–Kier alpha value is -1.75. The molecule has 108 valence electrons. The van der Waals surface area contributed by atoms with Gasteiger partial charge >= 0.3 is 0 Å². The average molecular weight is 299 g/mol. The van der Waals surface area contributed by atoms with E-state index < -0.39 is 0 Å². The number of hydrogen-bond acceptors (Lipinski definition) is 3. The number of rotatable bonds is 2. The van der Waals surface area contributed by atoms with E-state index in [1.165, 1.54) is 16.0 Å². The molecule has 0 saturated heterocycles. The first kappa shape index (κ1) is 13.0. The van der Waals surface area contributed by atoms with Crippen molar-refractivity contribution in [2.75, 3.05) is 0 Å². The zero-order chi connectivity index (χ0) is 14.6. The number of nitrogens with zero attached hydrogens (tertiary/aromatic N) is 2. The number of thioether (sulfide) groups is 1. The van der Waals surface area contributed by atoms with Crippen LogP contribution in [0, 0.1) is 6.92 Å². The van der Waals surface area contributed by atoms with Gasteiger partial charge in [-0.1, -0.05) is 11.6 Å². The lowest BCUT2D eigenvalue weighted by Gasteiger charge is -2.17. The second-order valence-electron chi connectivity index (χ2n) is 5.84. The van der Waals surface area contributed by atoms with Crippen LogP contribution in [-0.4, -0.2) is 21.7 Å². The van der Waals surface area contributed by atoms with Gasteiger partial charge < -0.3 is 5.32 Å². The minimum Gasteiger partial charge on any atom is -0.348 e. The minimum absolute atomic E-state index is 0.0222. The Balaban J connectivity index is 1.81.